The number of carbonyl (C=O) groups excluding carboxylic acids is 1. The van der Waals surface area contributed by atoms with Gasteiger partial charge in [0.05, 0.1) is 11.9 Å². The molecule has 0 unspecified atom stereocenters. The summed E-state index contributed by atoms with van der Waals surface area (Å²) in [4.78, 5) is 15.7. The summed E-state index contributed by atoms with van der Waals surface area (Å²) in [5, 5.41) is 11.0. The van der Waals surface area contributed by atoms with Crippen LogP contribution in [0.4, 0.5) is 11.5 Å². The fraction of sp³-hybridized carbons (Fsp3) is 0.316. The van der Waals surface area contributed by atoms with E-state index in [1.54, 1.807) is 6.20 Å². The monoisotopic (exact) mass is 351 g/mol. The lowest BCUT2D eigenvalue weighted by atomic mass is 10.1. The van der Waals surface area contributed by atoms with Crippen molar-refractivity contribution in [2.75, 3.05) is 23.8 Å². The number of fused-ring (bicyclic) bond motifs is 1. The van der Waals surface area contributed by atoms with E-state index in [2.05, 4.69) is 15.6 Å². The molecule has 0 atom stereocenters. The Labute approximate surface area is 151 Å². The molecule has 1 aliphatic heterocycles. The highest BCUT2D eigenvalue weighted by atomic mass is 16.5. The molecule has 0 spiro atoms. The van der Waals surface area contributed by atoms with Crippen LogP contribution in [-0.4, -0.2) is 39.8 Å². The second-order valence-corrected chi connectivity index (χ2v) is 6.42. The highest BCUT2D eigenvalue weighted by Gasteiger charge is 2.15. The summed E-state index contributed by atoms with van der Waals surface area (Å²) in [6, 6.07) is 12.0. The fourth-order valence-electron chi connectivity index (χ4n) is 3.16. The Morgan fingerprint density at radius 3 is 2.88 bits per heavy atom. The molecule has 1 aromatic carbocycles. The normalized spacial score (nSPS) is 15.1. The number of hydrogen-bond donors (Lipinski definition) is 2. The van der Waals surface area contributed by atoms with Crippen molar-refractivity contribution in [3.05, 3.63) is 42.6 Å². The Kier molecular flexibility index (Phi) is 4.53. The summed E-state index contributed by atoms with van der Waals surface area (Å²) < 4.78 is 7.23. The number of nitrogens with one attached hydrogen (secondary N) is 2. The standard InChI is InChI=1S/C19H21N5O2/c1-13(25)21-16-4-2-3-14(11-16)17-12-20-19-6-5-18(23-24(17)19)22-15-7-9-26-10-8-15/h2-6,11-12,15H,7-10H2,1H3,(H,21,25)(H,22,23). The van der Waals surface area contributed by atoms with Gasteiger partial charge in [-0.25, -0.2) is 9.50 Å². The third-order valence-corrected chi connectivity index (χ3v) is 4.41. The number of hydrogen-bond acceptors (Lipinski definition) is 5. The number of amides is 1. The summed E-state index contributed by atoms with van der Waals surface area (Å²) in [5.41, 5.74) is 3.35. The Morgan fingerprint density at radius 1 is 1.23 bits per heavy atom. The van der Waals surface area contributed by atoms with Crippen LogP contribution in [0.2, 0.25) is 0 Å². The lowest BCUT2D eigenvalue weighted by molar-refractivity contribution is -0.114. The van der Waals surface area contributed by atoms with E-state index in [9.17, 15) is 4.79 Å². The largest absolute Gasteiger partial charge is 0.381 e. The molecule has 2 N–H and O–H groups in total. The van der Waals surface area contributed by atoms with Crippen molar-refractivity contribution < 1.29 is 9.53 Å². The number of ether oxygens (including phenoxy) is 1. The molecule has 0 aliphatic carbocycles. The predicted molar refractivity (Wildman–Crippen MR) is 100 cm³/mol. The SMILES string of the molecule is CC(=O)Nc1cccc(-c2cnc3ccc(NC4CCOCC4)nn23)c1. The summed E-state index contributed by atoms with van der Waals surface area (Å²) in [6.07, 6.45) is 3.76. The van der Waals surface area contributed by atoms with Crippen LogP contribution in [0.15, 0.2) is 42.6 Å². The zero-order chi connectivity index (χ0) is 17.9. The molecule has 26 heavy (non-hydrogen) atoms. The van der Waals surface area contributed by atoms with Crippen molar-refractivity contribution in [2.24, 2.45) is 0 Å². The van der Waals surface area contributed by atoms with Crippen LogP contribution in [-0.2, 0) is 9.53 Å². The maximum Gasteiger partial charge on any atom is 0.221 e. The van der Waals surface area contributed by atoms with Gasteiger partial charge in [0.25, 0.3) is 0 Å². The van der Waals surface area contributed by atoms with Crippen LogP contribution in [0.5, 0.6) is 0 Å². The molecule has 1 aliphatic rings. The Hall–Kier alpha value is -2.93. The van der Waals surface area contributed by atoms with Crippen molar-refractivity contribution in [1.82, 2.24) is 14.6 Å². The minimum absolute atomic E-state index is 0.0960. The molecule has 4 rings (SSSR count). The number of imidazole rings is 1. The number of aromatic nitrogens is 3. The fourth-order valence-corrected chi connectivity index (χ4v) is 3.16. The van der Waals surface area contributed by atoms with Crippen molar-refractivity contribution in [1.29, 1.82) is 0 Å². The van der Waals surface area contributed by atoms with E-state index in [0.717, 1.165) is 54.5 Å². The van der Waals surface area contributed by atoms with E-state index in [4.69, 9.17) is 9.84 Å². The molecule has 1 amide bonds. The first-order valence-corrected chi connectivity index (χ1v) is 8.76. The summed E-state index contributed by atoms with van der Waals surface area (Å²) in [7, 11) is 0. The minimum Gasteiger partial charge on any atom is -0.381 e. The van der Waals surface area contributed by atoms with Gasteiger partial charge in [-0.15, -0.1) is 5.10 Å². The van der Waals surface area contributed by atoms with Crippen molar-refractivity contribution in [2.45, 2.75) is 25.8 Å². The summed E-state index contributed by atoms with van der Waals surface area (Å²) in [5.74, 6) is 0.725. The maximum absolute atomic E-state index is 11.3. The minimum atomic E-state index is -0.0960. The van der Waals surface area contributed by atoms with Gasteiger partial charge in [-0.3, -0.25) is 4.79 Å². The topological polar surface area (TPSA) is 80.5 Å². The lowest BCUT2D eigenvalue weighted by Crippen LogP contribution is -2.28. The third-order valence-electron chi connectivity index (χ3n) is 4.41. The zero-order valence-corrected chi connectivity index (χ0v) is 14.6. The van der Waals surface area contributed by atoms with E-state index < -0.39 is 0 Å². The van der Waals surface area contributed by atoms with Gasteiger partial charge in [0, 0.05) is 37.4 Å². The van der Waals surface area contributed by atoms with Crippen LogP contribution in [0, 0.1) is 0 Å². The van der Waals surface area contributed by atoms with Gasteiger partial charge in [-0.05, 0) is 37.1 Å². The highest BCUT2D eigenvalue weighted by molar-refractivity contribution is 5.89. The van der Waals surface area contributed by atoms with Gasteiger partial charge < -0.3 is 15.4 Å². The number of anilines is 2. The van der Waals surface area contributed by atoms with Gasteiger partial charge in [0.1, 0.15) is 5.82 Å². The van der Waals surface area contributed by atoms with E-state index in [1.165, 1.54) is 6.92 Å². The van der Waals surface area contributed by atoms with Gasteiger partial charge in [-0.2, -0.15) is 0 Å². The van der Waals surface area contributed by atoms with E-state index in [-0.39, 0.29) is 5.91 Å². The summed E-state index contributed by atoms with van der Waals surface area (Å²) in [6.45, 7) is 3.06. The molecule has 7 nitrogen and oxygen atoms in total. The van der Waals surface area contributed by atoms with Crippen molar-refractivity contribution in [3.8, 4) is 11.3 Å². The molecule has 0 saturated carbocycles. The molecular weight excluding hydrogens is 330 g/mol. The Bertz CT molecular complexity index is 931. The van der Waals surface area contributed by atoms with Gasteiger partial charge in [-0.1, -0.05) is 12.1 Å². The number of nitrogens with zero attached hydrogens (tertiary/aromatic N) is 3. The molecular formula is C19H21N5O2. The van der Waals surface area contributed by atoms with Gasteiger partial charge >= 0.3 is 0 Å². The highest BCUT2D eigenvalue weighted by Crippen LogP contribution is 2.24. The quantitative estimate of drug-likeness (QED) is 0.755. The van der Waals surface area contributed by atoms with E-state index in [0.29, 0.717) is 6.04 Å². The van der Waals surface area contributed by atoms with Crippen LogP contribution >= 0.6 is 0 Å². The average molecular weight is 351 g/mol. The molecule has 1 saturated heterocycles. The molecule has 3 aromatic rings. The molecule has 0 bridgehead atoms. The third kappa shape index (κ3) is 3.52. The number of benzene rings is 1. The Balaban J connectivity index is 1.65. The second kappa shape index (κ2) is 7.13. The van der Waals surface area contributed by atoms with Crippen molar-refractivity contribution in [3.63, 3.8) is 0 Å². The first-order chi connectivity index (χ1) is 12.7. The molecule has 7 heteroatoms. The van der Waals surface area contributed by atoms with Crippen LogP contribution in [0.25, 0.3) is 16.9 Å². The first kappa shape index (κ1) is 16.5. The number of carbonyl (C=O) groups is 1. The van der Waals surface area contributed by atoms with E-state index in [1.807, 2.05) is 40.9 Å². The van der Waals surface area contributed by atoms with Crippen LogP contribution in [0.1, 0.15) is 19.8 Å². The van der Waals surface area contributed by atoms with Gasteiger partial charge in [0.15, 0.2) is 5.65 Å². The Morgan fingerprint density at radius 2 is 2.08 bits per heavy atom. The summed E-state index contributed by atoms with van der Waals surface area (Å²) >= 11 is 0. The smallest absolute Gasteiger partial charge is 0.221 e. The molecule has 0 radical (unpaired) electrons. The number of rotatable bonds is 4. The lowest BCUT2D eigenvalue weighted by Gasteiger charge is -2.23. The average Bonchev–Trinajstić information content (AvgIpc) is 3.05. The first-order valence-electron chi connectivity index (χ1n) is 8.76. The van der Waals surface area contributed by atoms with Crippen LogP contribution in [0.3, 0.4) is 0 Å². The molecule has 3 heterocycles. The van der Waals surface area contributed by atoms with E-state index >= 15 is 0 Å². The second-order valence-electron chi connectivity index (χ2n) is 6.42. The molecule has 134 valence electrons. The maximum atomic E-state index is 11.3. The van der Waals surface area contributed by atoms with Crippen molar-refractivity contribution >= 4 is 23.1 Å². The van der Waals surface area contributed by atoms with Gasteiger partial charge in [0.2, 0.25) is 5.91 Å². The molecule has 2 aromatic heterocycles. The molecule has 1 fully saturated rings. The van der Waals surface area contributed by atoms with Crippen LogP contribution < -0.4 is 10.6 Å². The zero-order valence-electron chi connectivity index (χ0n) is 14.6. The predicted octanol–water partition coefficient (Wildman–Crippen LogP) is 2.95.